The quantitative estimate of drug-likeness (QED) is 0.624. The molecule has 1 rings (SSSR count). The lowest BCUT2D eigenvalue weighted by Crippen LogP contribution is -2.63. The molecular formula is C10H13F5O2. The summed E-state index contributed by atoms with van der Waals surface area (Å²) in [7, 11) is 0. The van der Waals surface area contributed by atoms with Crippen molar-refractivity contribution in [3.8, 4) is 0 Å². The fraction of sp³-hybridized carbons (Fsp3) is 0.800. The van der Waals surface area contributed by atoms with Crippen LogP contribution < -0.4 is 0 Å². The molecule has 1 fully saturated rings. The van der Waals surface area contributed by atoms with E-state index in [4.69, 9.17) is 0 Å². The maximum Gasteiger partial charge on any atom is 0.456 e. The largest absolute Gasteiger partial charge is 0.456 e. The van der Waals surface area contributed by atoms with Crippen LogP contribution in [0.5, 0.6) is 0 Å². The highest BCUT2D eigenvalue weighted by Gasteiger charge is 2.69. The summed E-state index contributed by atoms with van der Waals surface area (Å²) in [6, 6.07) is 0. The third kappa shape index (κ3) is 2.44. The summed E-state index contributed by atoms with van der Waals surface area (Å²) in [4.78, 5) is 0. The summed E-state index contributed by atoms with van der Waals surface area (Å²) < 4.78 is 66.7. The van der Waals surface area contributed by atoms with Crippen molar-refractivity contribution in [2.75, 3.05) is 6.61 Å². The van der Waals surface area contributed by atoms with E-state index in [-0.39, 0.29) is 6.61 Å². The molecule has 0 aromatic carbocycles. The molecular weight excluding hydrogens is 247 g/mol. The van der Waals surface area contributed by atoms with Crippen LogP contribution in [-0.4, -0.2) is 35.5 Å². The molecule has 0 aromatic rings. The molecule has 2 nitrogen and oxygen atoms in total. The third-order valence-electron chi connectivity index (χ3n) is 2.81. The Kier molecular flexibility index (Phi) is 3.55. The van der Waals surface area contributed by atoms with E-state index in [2.05, 4.69) is 4.74 Å². The summed E-state index contributed by atoms with van der Waals surface area (Å²) >= 11 is 0. The van der Waals surface area contributed by atoms with Gasteiger partial charge in [-0.3, -0.25) is 0 Å². The Bertz CT molecular complexity index is 308. The van der Waals surface area contributed by atoms with Crippen LogP contribution in [0.25, 0.3) is 0 Å². The van der Waals surface area contributed by atoms with Crippen molar-refractivity contribution < 1.29 is 31.8 Å². The van der Waals surface area contributed by atoms with Crippen molar-refractivity contribution in [3.63, 3.8) is 0 Å². The molecule has 7 heteroatoms. The summed E-state index contributed by atoms with van der Waals surface area (Å²) in [5.74, 6) is -6.24. The Morgan fingerprint density at radius 2 is 1.76 bits per heavy atom. The summed E-state index contributed by atoms with van der Waals surface area (Å²) in [6.07, 6.45) is -5.45. The smallest absolute Gasteiger partial charge is 0.386 e. The molecule has 3 atom stereocenters. The van der Waals surface area contributed by atoms with E-state index in [1.54, 1.807) is 0 Å². The molecule has 0 aromatic heterocycles. The van der Waals surface area contributed by atoms with Crippen LogP contribution in [0.1, 0.15) is 13.8 Å². The first-order valence-corrected chi connectivity index (χ1v) is 4.96. The molecule has 1 aliphatic rings. The first kappa shape index (κ1) is 14.4. The molecule has 1 N–H and O–H groups in total. The Labute approximate surface area is 95.1 Å². The van der Waals surface area contributed by atoms with Crippen LogP contribution in [0.2, 0.25) is 0 Å². The van der Waals surface area contributed by atoms with Gasteiger partial charge in [-0.15, -0.1) is 0 Å². The first-order valence-electron chi connectivity index (χ1n) is 4.96. The Morgan fingerprint density at radius 3 is 2.06 bits per heavy atom. The molecule has 0 aliphatic carbocycles. The Morgan fingerprint density at radius 1 is 1.24 bits per heavy atom. The fourth-order valence-electron chi connectivity index (χ4n) is 1.74. The van der Waals surface area contributed by atoms with E-state index in [9.17, 15) is 27.1 Å². The normalized spacial score (nSPS) is 30.1. The SMILES string of the molecule is CC=CC(C)(O)C1COC1C(F)(F)C(F)(F)F. The lowest BCUT2D eigenvalue weighted by atomic mass is 9.78. The van der Waals surface area contributed by atoms with Gasteiger partial charge in [0, 0.05) is 5.92 Å². The zero-order valence-corrected chi connectivity index (χ0v) is 9.26. The summed E-state index contributed by atoms with van der Waals surface area (Å²) in [6.45, 7) is 2.39. The zero-order valence-electron chi connectivity index (χ0n) is 9.26. The third-order valence-corrected chi connectivity index (χ3v) is 2.81. The van der Waals surface area contributed by atoms with Gasteiger partial charge in [-0.05, 0) is 13.8 Å². The van der Waals surface area contributed by atoms with Crippen LogP contribution in [0.3, 0.4) is 0 Å². The highest BCUT2D eigenvalue weighted by Crippen LogP contribution is 2.48. The number of allylic oxidation sites excluding steroid dienone is 1. The van der Waals surface area contributed by atoms with Gasteiger partial charge >= 0.3 is 12.1 Å². The number of aliphatic hydroxyl groups is 1. The van der Waals surface area contributed by atoms with Crippen LogP contribution in [0.4, 0.5) is 22.0 Å². The van der Waals surface area contributed by atoms with Gasteiger partial charge in [-0.1, -0.05) is 12.2 Å². The zero-order chi connectivity index (χ0) is 13.5. The maximum absolute atomic E-state index is 13.0. The topological polar surface area (TPSA) is 29.5 Å². The standard InChI is InChI=1S/C10H13F5O2/c1-3-4-8(2,16)6-5-17-7(6)9(11,12)10(13,14)15/h3-4,6-7,16H,5H2,1-2H3. The average Bonchev–Trinajstić information content (AvgIpc) is 1.96. The first-order chi connectivity index (χ1) is 7.54. The van der Waals surface area contributed by atoms with Gasteiger partial charge in [0.25, 0.3) is 0 Å². The molecule has 3 unspecified atom stereocenters. The van der Waals surface area contributed by atoms with Crippen LogP contribution in [-0.2, 0) is 4.74 Å². The van der Waals surface area contributed by atoms with Gasteiger partial charge in [-0.2, -0.15) is 22.0 Å². The van der Waals surface area contributed by atoms with E-state index in [1.165, 1.54) is 26.0 Å². The second-order valence-electron chi connectivity index (χ2n) is 4.21. The second-order valence-corrected chi connectivity index (χ2v) is 4.21. The number of rotatable bonds is 3. The molecule has 17 heavy (non-hydrogen) atoms. The molecule has 1 aliphatic heterocycles. The van der Waals surface area contributed by atoms with E-state index < -0.39 is 29.7 Å². The van der Waals surface area contributed by atoms with Crippen molar-refractivity contribution in [2.45, 2.75) is 37.7 Å². The number of halogens is 5. The van der Waals surface area contributed by atoms with Crippen molar-refractivity contribution in [1.29, 1.82) is 0 Å². The fourth-order valence-corrected chi connectivity index (χ4v) is 1.74. The monoisotopic (exact) mass is 260 g/mol. The van der Waals surface area contributed by atoms with Crippen molar-refractivity contribution >= 4 is 0 Å². The Balaban J connectivity index is 2.89. The predicted molar refractivity (Wildman–Crippen MR) is 49.7 cm³/mol. The van der Waals surface area contributed by atoms with Gasteiger partial charge in [0.1, 0.15) is 6.10 Å². The molecule has 1 saturated heterocycles. The van der Waals surface area contributed by atoms with E-state index in [0.29, 0.717) is 0 Å². The minimum atomic E-state index is -5.68. The molecule has 100 valence electrons. The maximum atomic E-state index is 13.0. The average molecular weight is 260 g/mol. The van der Waals surface area contributed by atoms with E-state index >= 15 is 0 Å². The summed E-state index contributed by atoms with van der Waals surface area (Å²) in [5.41, 5.74) is -1.74. The van der Waals surface area contributed by atoms with E-state index in [0.717, 1.165) is 0 Å². The lowest BCUT2D eigenvalue weighted by Gasteiger charge is -2.47. The molecule has 1 heterocycles. The molecule has 0 radical (unpaired) electrons. The predicted octanol–water partition coefficient (Wildman–Crippen LogP) is 2.53. The molecule has 0 amide bonds. The van der Waals surface area contributed by atoms with Crippen molar-refractivity contribution in [3.05, 3.63) is 12.2 Å². The van der Waals surface area contributed by atoms with Gasteiger partial charge in [0.15, 0.2) is 0 Å². The van der Waals surface area contributed by atoms with Gasteiger partial charge < -0.3 is 9.84 Å². The molecule has 0 spiro atoms. The number of hydrogen-bond donors (Lipinski definition) is 1. The minimum absolute atomic E-state index is 0.326. The Hall–Kier alpha value is -0.690. The van der Waals surface area contributed by atoms with E-state index in [1.807, 2.05) is 0 Å². The summed E-state index contributed by atoms with van der Waals surface area (Å²) in [5, 5.41) is 9.77. The van der Waals surface area contributed by atoms with Gasteiger partial charge in [0.05, 0.1) is 12.2 Å². The van der Waals surface area contributed by atoms with Gasteiger partial charge in [0.2, 0.25) is 0 Å². The lowest BCUT2D eigenvalue weighted by molar-refractivity contribution is -0.361. The van der Waals surface area contributed by atoms with Gasteiger partial charge in [-0.25, -0.2) is 0 Å². The highest BCUT2D eigenvalue weighted by molar-refractivity contribution is 5.09. The van der Waals surface area contributed by atoms with Crippen LogP contribution in [0.15, 0.2) is 12.2 Å². The number of hydrogen-bond acceptors (Lipinski definition) is 2. The second kappa shape index (κ2) is 4.20. The number of alkyl halides is 5. The number of ether oxygens (including phenoxy) is 1. The minimum Gasteiger partial charge on any atom is -0.386 e. The van der Waals surface area contributed by atoms with Crippen LogP contribution >= 0.6 is 0 Å². The van der Waals surface area contributed by atoms with Crippen molar-refractivity contribution in [1.82, 2.24) is 0 Å². The highest BCUT2D eigenvalue weighted by atomic mass is 19.4. The van der Waals surface area contributed by atoms with Crippen molar-refractivity contribution in [2.24, 2.45) is 5.92 Å². The molecule has 0 saturated carbocycles. The van der Waals surface area contributed by atoms with Crippen LogP contribution in [0, 0.1) is 5.92 Å². The molecule has 0 bridgehead atoms.